The number of anilines is 2. The van der Waals surface area contributed by atoms with Crippen LogP contribution in [0.5, 0.6) is 0 Å². The van der Waals surface area contributed by atoms with Crippen LogP contribution in [0, 0.1) is 11.6 Å². The zero-order chi connectivity index (χ0) is 38.9. The van der Waals surface area contributed by atoms with Crippen molar-refractivity contribution < 1.29 is 66.3 Å². The van der Waals surface area contributed by atoms with Crippen LogP contribution < -0.4 is 9.44 Å². The lowest BCUT2D eigenvalue weighted by molar-refractivity contribution is 0.0511. The van der Waals surface area contributed by atoms with Crippen LogP contribution in [0.15, 0.2) is 24.3 Å². The van der Waals surface area contributed by atoms with Gasteiger partial charge in [-0.2, -0.15) is 3.71 Å². The number of alkyl halides is 3. The molecule has 0 heterocycles. The van der Waals surface area contributed by atoms with Gasteiger partial charge < -0.3 is 15.2 Å². The van der Waals surface area contributed by atoms with Crippen molar-refractivity contribution in [2.45, 2.75) is 33.1 Å². The highest BCUT2D eigenvalue weighted by molar-refractivity contribution is 8.13. The lowest BCUT2D eigenvalue weighted by Gasteiger charge is -2.25. The van der Waals surface area contributed by atoms with Gasteiger partial charge >= 0.3 is 11.9 Å². The van der Waals surface area contributed by atoms with Gasteiger partial charge in [0.15, 0.2) is 11.6 Å². The third kappa shape index (κ3) is 15.3. The quantitative estimate of drug-likeness (QED) is 0.0906. The number of hydrogen-bond acceptors (Lipinski definition) is 11. The second-order valence-electron chi connectivity index (χ2n) is 9.22. The summed E-state index contributed by atoms with van der Waals surface area (Å²) in [5.74, 6) is -6.58. The molecule has 0 saturated carbocycles. The van der Waals surface area contributed by atoms with Crippen LogP contribution in [0.3, 0.4) is 0 Å². The Morgan fingerprint density at radius 2 is 1.08 bits per heavy atom. The van der Waals surface area contributed by atoms with Crippen molar-refractivity contribution in [3.05, 3.63) is 57.1 Å². The Labute approximate surface area is 301 Å². The van der Waals surface area contributed by atoms with Gasteiger partial charge in [0, 0.05) is 10.7 Å². The van der Waals surface area contributed by atoms with E-state index in [4.69, 9.17) is 39.6 Å². The summed E-state index contributed by atoms with van der Waals surface area (Å²) < 4.78 is 143. The van der Waals surface area contributed by atoms with Crippen LogP contribution in [0.2, 0.25) is 10.0 Å². The summed E-state index contributed by atoms with van der Waals surface area (Å²) >= 11 is 11.4. The van der Waals surface area contributed by atoms with E-state index in [1.807, 2.05) is 0 Å². The number of nitrogen functional groups attached to an aromatic ring is 1. The van der Waals surface area contributed by atoms with Crippen LogP contribution in [0.1, 0.15) is 53.8 Å². The monoisotopic (exact) mass is 842 g/mol. The van der Waals surface area contributed by atoms with Crippen LogP contribution >= 0.6 is 33.9 Å². The van der Waals surface area contributed by atoms with Gasteiger partial charge in [-0.05, 0) is 57.4 Å². The Morgan fingerprint density at radius 3 is 1.44 bits per heavy atom. The first-order valence-corrected chi connectivity index (χ1v) is 20.5. The summed E-state index contributed by atoms with van der Waals surface area (Å²) in [5.41, 5.74) is 2.98. The van der Waals surface area contributed by atoms with Crippen LogP contribution in [-0.2, 0) is 38.6 Å². The molecular weight excluding hydrogens is 810 g/mol. The zero-order valence-corrected chi connectivity index (χ0v) is 31.2. The molecule has 23 heteroatoms. The fourth-order valence-corrected chi connectivity index (χ4v) is 8.59. The number of sulfonamides is 2. The van der Waals surface area contributed by atoms with E-state index >= 15 is 0 Å². The molecule has 0 fully saturated rings. The smallest absolute Gasteiger partial charge is 0.342 e. The lowest BCUT2D eigenvalue weighted by Crippen LogP contribution is -2.41. The standard InChI is InChI=1S/C15H19ClF3NO6S2.C9H9ClFNO2.C3H6ClFO2S/c1-2-26-15(21)13-11(16)5-6-12(14(13)19)20(27(22,23)9-3-7-17)28(24,25)10-4-8-18;1-2-14-9(13)7-5(10)3-4-6(12)8(7)11;4-8(6,7)3-1-2-5/h5-6H,2-4,7-10H2,1H3;3-4H,2,12H2,1H3;1-3H2. The van der Waals surface area contributed by atoms with E-state index in [2.05, 4.69) is 9.47 Å². The molecule has 0 aliphatic rings. The van der Waals surface area contributed by atoms with E-state index in [1.54, 1.807) is 6.92 Å². The van der Waals surface area contributed by atoms with Gasteiger partial charge in [0.2, 0.25) is 29.1 Å². The van der Waals surface area contributed by atoms with Crippen LogP contribution in [0.4, 0.5) is 33.3 Å². The molecule has 0 atom stereocenters. The molecule has 2 aromatic carbocycles. The summed E-state index contributed by atoms with van der Waals surface area (Å²) in [7, 11) is -8.27. The minimum absolute atomic E-state index is 0.00449. The van der Waals surface area contributed by atoms with Gasteiger partial charge in [0.25, 0.3) is 0 Å². The van der Waals surface area contributed by atoms with Gasteiger partial charge in [0.05, 0.1) is 66.2 Å². The first-order chi connectivity index (χ1) is 23.2. The Hall–Kier alpha value is -2.65. The van der Waals surface area contributed by atoms with Gasteiger partial charge in [-0.1, -0.05) is 23.2 Å². The summed E-state index contributed by atoms with van der Waals surface area (Å²) in [5, 5.41) is -0.433. The fraction of sp³-hybridized carbons (Fsp3) is 0.481. The Morgan fingerprint density at radius 1 is 0.700 bits per heavy atom. The average molecular weight is 844 g/mol. The Kier molecular flexibility index (Phi) is 21.1. The molecule has 0 radical (unpaired) electrons. The second kappa shape index (κ2) is 22.3. The molecule has 2 N–H and O–H groups in total. The predicted octanol–water partition coefficient (Wildman–Crippen LogP) is 5.99. The van der Waals surface area contributed by atoms with Crippen molar-refractivity contribution >= 4 is 86.3 Å². The van der Waals surface area contributed by atoms with E-state index < -0.39 is 113 Å². The topological polar surface area (TPSA) is 184 Å². The minimum Gasteiger partial charge on any atom is -0.462 e. The maximum Gasteiger partial charge on any atom is 0.342 e. The van der Waals surface area contributed by atoms with Crippen molar-refractivity contribution in [1.29, 1.82) is 0 Å². The number of esters is 2. The molecule has 0 aromatic heterocycles. The first-order valence-electron chi connectivity index (χ1n) is 14.1. The predicted molar refractivity (Wildman–Crippen MR) is 181 cm³/mol. The summed E-state index contributed by atoms with van der Waals surface area (Å²) in [4.78, 5) is 23.2. The summed E-state index contributed by atoms with van der Waals surface area (Å²) in [6, 6.07) is 4.32. The molecule has 0 unspecified atom stereocenters. The van der Waals surface area contributed by atoms with Crippen molar-refractivity contribution in [3.63, 3.8) is 0 Å². The first kappa shape index (κ1) is 47.4. The number of hydrogen-bond donors (Lipinski definition) is 1. The Bertz CT molecular complexity index is 1730. The van der Waals surface area contributed by atoms with E-state index in [0.717, 1.165) is 12.1 Å². The highest BCUT2D eigenvalue weighted by Crippen LogP contribution is 2.33. The van der Waals surface area contributed by atoms with E-state index in [9.17, 15) is 56.8 Å². The fourth-order valence-electron chi connectivity index (χ4n) is 3.37. The second-order valence-corrected chi connectivity index (χ2v) is 17.0. The largest absolute Gasteiger partial charge is 0.462 e. The molecule has 50 heavy (non-hydrogen) atoms. The highest BCUT2D eigenvalue weighted by Gasteiger charge is 2.37. The molecule has 286 valence electrons. The number of rotatable bonds is 16. The van der Waals surface area contributed by atoms with Gasteiger partial charge in [0.1, 0.15) is 16.8 Å². The van der Waals surface area contributed by atoms with Crippen molar-refractivity contribution in [3.8, 4) is 0 Å². The molecule has 0 bridgehead atoms. The number of nitrogens with two attached hydrogens (primary N) is 1. The molecule has 0 spiro atoms. The number of carbonyl (C=O) groups excluding carboxylic acids is 2. The molecule has 0 saturated heterocycles. The van der Waals surface area contributed by atoms with Gasteiger partial charge in [-0.3, -0.25) is 13.2 Å². The van der Waals surface area contributed by atoms with Gasteiger partial charge in [-0.15, -0.1) is 0 Å². The number of ether oxygens (including phenoxy) is 2. The average Bonchev–Trinajstić information content (AvgIpc) is 3.02. The summed E-state index contributed by atoms with van der Waals surface area (Å²) in [6.45, 7) is 0.309. The molecule has 2 aromatic rings. The molecule has 12 nitrogen and oxygen atoms in total. The minimum atomic E-state index is -4.77. The molecular formula is C27H34Cl3F5N2O10S3. The van der Waals surface area contributed by atoms with Crippen molar-refractivity contribution in [2.24, 2.45) is 0 Å². The van der Waals surface area contributed by atoms with E-state index in [1.165, 1.54) is 19.1 Å². The lowest BCUT2D eigenvalue weighted by atomic mass is 10.2. The normalized spacial score (nSPS) is 11.4. The molecule has 2 rings (SSSR count). The van der Waals surface area contributed by atoms with Crippen LogP contribution in [0.25, 0.3) is 0 Å². The number of carbonyl (C=O) groups is 2. The van der Waals surface area contributed by atoms with Crippen LogP contribution in [-0.4, -0.2) is 87.7 Å². The number of halogens is 8. The molecule has 0 amide bonds. The Balaban J connectivity index is 0.000000896. The zero-order valence-electron chi connectivity index (χ0n) is 26.4. The van der Waals surface area contributed by atoms with Crippen molar-refractivity contribution in [2.75, 3.05) is 59.9 Å². The third-order valence-corrected chi connectivity index (χ3v) is 11.7. The van der Waals surface area contributed by atoms with Gasteiger partial charge in [-0.25, -0.2) is 43.6 Å². The maximum absolute atomic E-state index is 15.0. The van der Waals surface area contributed by atoms with Crippen molar-refractivity contribution in [1.82, 2.24) is 0 Å². The number of benzene rings is 2. The third-order valence-electron chi connectivity index (χ3n) is 5.45. The van der Waals surface area contributed by atoms with E-state index in [0.29, 0.717) is 0 Å². The molecule has 0 aliphatic carbocycles. The molecule has 0 aliphatic heterocycles. The van der Waals surface area contributed by atoms with E-state index in [-0.39, 0.29) is 45.4 Å². The SMILES string of the molecule is CCOC(=O)c1c(Cl)ccc(N(S(=O)(=O)CCCF)S(=O)(=O)CCCF)c1F.CCOC(=O)c1c(Cl)ccc(N)c1F.O=S(=O)(Cl)CCCF. The summed E-state index contributed by atoms with van der Waals surface area (Å²) in [6.07, 6.45) is -1.10. The number of nitrogens with zero attached hydrogens (tertiary/aromatic N) is 1. The highest BCUT2D eigenvalue weighted by atomic mass is 35.7. The maximum atomic E-state index is 15.0.